The maximum Gasteiger partial charge on any atom is 0.234 e. The lowest BCUT2D eigenvalue weighted by atomic mass is 9.80. The van der Waals surface area contributed by atoms with E-state index >= 15 is 0 Å². The van der Waals surface area contributed by atoms with Crippen molar-refractivity contribution in [3.05, 3.63) is 35.4 Å². The highest BCUT2D eigenvalue weighted by atomic mass is 16.5. The van der Waals surface area contributed by atoms with E-state index in [9.17, 15) is 4.79 Å². The first-order valence-electron chi connectivity index (χ1n) is 8.23. The Balaban J connectivity index is 1.84. The molecule has 0 aliphatic carbocycles. The number of ether oxygens (including phenoxy) is 1. The molecule has 1 aromatic rings. The predicted molar refractivity (Wildman–Crippen MR) is 91.8 cm³/mol. The third kappa shape index (κ3) is 5.03. The Morgan fingerprint density at radius 3 is 2.74 bits per heavy atom. The summed E-state index contributed by atoms with van der Waals surface area (Å²) in [6.45, 7) is 7.62. The summed E-state index contributed by atoms with van der Waals surface area (Å²) < 4.78 is 5.20. The number of hydrogen-bond donors (Lipinski definition) is 2. The summed E-state index contributed by atoms with van der Waals surface area (Å²) in [4.78, 5) is 14.4. The van der Waals surface area contributed by atoms with Crippen molar-refractivity contribution in [2.45, 2.75) is 39.5 Å². The molecular weight excluding hydrogens is 290 g/mol. The zero-order valence-electron chi connectivity index (χ0n) is 14.5. The third-order valence-corrected chi connectivity index (χ3v) is 4.65. The zero-order valence-corrected chi connectivity index (χ0v) is 14.5. The number of methoxy groups -OCH3 is 1. The molecular formula is C18H29N3O2. The second-order valence-electron chi connectivity index (χ2n) is 7.07. The summed E-state index contributed by atoms with van der Waals surface area (Å²) >= 11 is 0. The van der Waals surface area contributed by atoms with Gasteiger partial charge in [-0.05, 0) is 23.0 Å². The highest BCUT2D eigenvalue weighted by Gasteiger charge is 2.33. The first kappa shape index (κ1) is 17.9. The molecule has 2 rings (SSSR count). The quantitative estimate of drug-likeness (QED) is 0.834. The van der Waals surface area contributed by atoms with Gasteiger partial charge in [-0.1, -0.05) is 38.1 Å². The Hall–Kier alpha value is -1.43. The van der Waals surface area contributed by atoms with E-state index in [0.29, 0.717) is 19.7 Å². The number of likely N-dealkylation sites (tertiary alicyclic amines) is 1. The summed E-state index contributed by atoms with van der Waals surface area (Å²) in [5.41, 5.74) is 8.42. The molecule has 1 aromatic carbocycles. The van der Waals surface area contributed by atoms with E-state index in [0.717, 1.165) is 30.6 Å². The summed E-state index contributed by atoms with van der Waals surface area (Å²) in [5, 5.41) is 3.02. The van der Waals surface area contributed by atoms with E-state index in [2.05, 4.69) is 24.1 Å². The van der Waals surface area contributed by atoms with Gasteiger partial charge in [0, 0.05) is 32.8 Å². The second-order valence-corrected chi connectivity index (χ2v) is 7.07. The van der Waals surface area contributed by atoms with Crippen molar-refractivity contribution in [1.82, 2.24) is 10.2 Å². The Morgan fingerprint density at radius 1 is 1.39 bits per heavy atom. The molecule has 1 unspecified atom stereocenters. The lowest BCUT2D eigenvalue weighted by Crippen LogP contribution is -2.54. The maximum atomic E-state index is 12.2. The van der Waals surface area contributed by atoms with Gasteiger partial charge in [-0.2, -0.15) is 0 Å². The van der Waals surface area contributed by atoms with E-state index in [-0.39, 0.29) is 17.4 Å². The van der Waals surface area contributed by atoms with Crippen LogP contribution in [0.2, 0.25) is 0 Å². The zero-order chi connectivity index (χ0) is 16.9. The summed E-state index contributed by atoms with van der Waals surface area (Å²) in [5.74, 6) is 0.0588. The molecule has 3 N–H and O–H groups in total. The van der Waals surface area contributed by atoms with Crippen LogP contribution in [0.15, 0.2) is 24.3 Å². The molecule has 1 saturated heterocycles. The number of nitrogens with one attached hydrogen (secondary N) is 1. The second kappa shape index (κ2) is 7.90. The van der Waals surface area contributed by atoms with Gasteiger partial charge in [-0.3, -0.25) is 9.69 Å². The minimum Gasteiger partial charge on any atom is -0.380 e. The highest BCUT2D eigenvalue weighted by Crippen LogP contribution is 2.27. The first-order chi connectivity index (χ1) is 10.9. The monoisotopic (exact) mass is 319 g/mol. The van der Waals surface area contributed by atoms with Gasteiger partial charge in [0.2, 0.25) is 5.91 Å². The fourth-order valence-corrected chi connectivity index (χ4v) is 3.10. The van der Waals surface area contributed by atoms with E-state index in [1.807, 2.05) is 24.3 Å². The van der Waals surface area contributed by atoms with Crippen LogP contribution in [0, 0.1) is 5.41 Å². The van der Waals surface area contributed by atoms with Crippen molar-refractivity contribution in [2.75, 3.05) is 26.7 Å². The first-order valence-corrected chi connectivity index (χ1v) is 8.23. The molecule has 1 fully saturated rings. The normalized spacial score (nSPS) is 21.1. The molecule has 0 aromatic heterocycles. The van der Waals surface area contributed by atoms with Gasteiger partial charge in [-0.25, -0.2) is 0 Å². The molecule has 0 spiro atoms. The van der Waals surface area contributed by atoms with Crippen LogP contribution in [-0.4, -0.2) is 43.6 Å². The molecule has 1 amide bonds. The standard InChI is InChI=1S/C18H29N3O2/c1-18(2)13-21(9-8-16(18)19)11-17(22)20-10-14-6-4-5-7-15(14)12-23-3/h4-7,16H,8-13,19H2,1-3H3,(H,20,22). The SMILES string of the molecule is COCc1ccccc1CNC(=O)CN1CCC(N)C(C)(C)C1. The average molecular weight is 319 g/mol. The van der Waals surface area contributed by atoms with E-state index < -0.39 is 0 Å². The van der Waals surface area contributed by atoms with Crippen LogP contribution in [0.3, 0.4) is 0 Å². The topological polar surface area (TPSA) is 67.6 Å². The molecule has 1 aliphatic heterocycles. The molecule has 0 radical (unpaired) electrons. The number of benzene rings is 1. The number of hydrogen-bond acceptors (Lipinski definition) is 4. The van der Waals surface area contributed by atoms with E-state index in [1.54, 1.807) is 7.11 Å². The fourth-order valence-electron chi connectivity index (χ4n) is 3.10. The minimum atomic E-state index is 0.0588. The number of carbonyl (C=O) groups is 1. The van der Waals surface area contributed by atoms with Crippen LogP contribution in [0.4, 0.5) is 0 Å². The molecule has 1 atom stereocenters. The Labute approximate surface area is 139 Å². The molecule has 23 heavy (non-hydrogen) atoms. The van der Waals surface area contributed by atoms with Crippen LogP contribution in [0.1, 0.15) is 31.4 Å². The number of carbonyl (C=O) groups excluding carboxylic acids is 1. The van der Waals surface area contributed by atoms with E-state index in [1.165, 1.54) is 0 Å². The molecule has 5 heteroatoms. The Morgan fingerprint density at radius 2 is 2.09 bits per heavy atom. The van der Waals surface area contributed by atoms with Crippen molar-refractivity contribution in [1.29, 1.82) is 0 Å². The lowest BCUT2D eigenvalue weighted by molar-refractivity contribution is -0.123. The number of nitrogens with zero attached hydrogens (tertiary/aromatic N) is 1. The maximum absolute atomic E-state index is 12.2. The molecule has 0 saturated carbocycles. The van der Waals surface area contributed by atoms with Crippen molar-refractivity contribution in [2.24, 2.45) is 11.1 Å². The summed E-state index contributed by atoms with van der Waals surface area (Å²) in [6, 6.07) is 8.23. The molecule has 5 nitrogen and oxygen atoms in total. The van der Waals surface area contributed by atoms with Gasteiger partial charge in [-0.15, -0.1) is 0 Å². The number of piperidine rings is 1. The fraction of sp³-hybridized carbons (Fsp3) is 0.611. The van der Waals surface area contributed by atoms with Crippen LogP contribution in [0.5, 0.6) is 0 Å². The number of amides is 1. The van der Waals surface area contributed by atoms with Crippen LogP contribution < -0.4 is 11.1 Å². The van der Waals surface area contributed by atoms with Crippen molar-refractivity contribution < 1.29 is 9.53 Å². The molecule has 128 valence electrons. The lowest BCUT2D eigenvalue weighted by Gasteiger charge is -2.42. The van der Waals surface area contributed by atoms with Gasteiger partial charge >= 0.3 is 0 Å². The van der Waals surface area contributed by atoms with Crippen molar-refractivity contribution >= 4 is 5.91 Å². The van der Waals surface area contributed by atoms with Gasteiger partial charge in [0.25, 0.3) is 0 Å². The predicted octanol–water partition coefficient (Wildman–Crippen LogP) is 1.51. The van der Waals surface area contributed by atoms with E-state index in [4.69, 9.17) is 10.5 Å². The molecule has 1 aliphatic rings. The van der Waals surface area contributed by atoms with Crippen LogP contribution in [-0.2, 0) is 22.7 Å². The third-order valence-electron chi connectivity index (χ3n) is 4.65. The van der Waals surface area contributed by atoms with Gasteiger partial charge < -0.3 is 15.8 Å². The largest absolute Gasteiger partial charge is 0.380 e. The van der Waals surface area contributed by atoms with Crippen molar-refractivity contribution in [3.8, 4) is 0 Å². The number of rotatable bonds is 6. The van der Waals surface area contributed by atoms with Crippen LogP contribution in [0.25, 0.3) is 0 Å². The summed E-state index contributed by atoms with van der Waals surface area (Å²) in [6.07, 6.45) is 0.941. The summed E-state index contributed by atoms with van der Waals surface area (Å²) in [7, 11) is 1.68. The average Bonchev–Trinajstić information content (AvgIpc) is 2.50. The highest BCUT2D eigenvalue weighted by molar-refractivity contribution is 5.78. The smallest absolute Gasteiger partial charge is 0.234 e. The van der Waals surface area contributed by atoms with Gasteiger partial charge in [0.15, 0.2) is 0 Å². The molecule has 1 heterocycles. The molecule has 0 bridgehead atoms. The number of nitrogens with two attached hydrogens (primary N) is 1. The Bertz CT molecular complexity index is 531. The van der Waals surface area contributed by atoms with Crippen molar-refractivity contribution in [3.63, 3.8) is 0 Å². The van der Waals surface area contributed by atoms with Crippen LogP contribution >= 0.6 is 0 Å². The minimum absolute atomic E-state index is 0.0588. The van der Waals surface area contributed by atoms with Gasteiger partial charge in [0.1, 0.15) is 0 Å². The Kier molecular flexibility index (Phi) is 6.16. The van der Waals surface area contributed by atoms with Gasteiger partial charge in [0.05, 0.1) is 13.2 Å².